The molecule has 0 bridgehead atoms. The van der Waals surface area contributed by atoms with Crippen LogP contribution >= 0.6 is 11.3 Å². The molecule has 0 aliphatic rings. The Morgan fingerprint density at radius 1 is 0.789 bits per heavy atom. The van der Waals surface area contributed by atoms with Gasteiger partial charge in [0.15, 0.2) is 0 Å². The minimum Gasteiger partial charge on any atom is -0.255 e. The van der Waals surface area contributed by atoms with Gasteiger partial charge in [-0.25, -0.2) is 4.98 Å². The summed E-state index contributed by atoms with van der Waals surface area (Å²) in [6.45, 7) is 12.0. The topological polar surface area (TPSA) is 25.8 Å². The van der Waals surface area contributed by atoms with Gasteiger partial charge >= 0.3 is 0 Å². The maximum atomic E-state index is 4.34. The van der Waals surface area contributed by atoms with Crippen LogP contribution in [0, 0.1) is 0 Å². The van der Waals surface area contributed by atoms with Gasteiger partial charge < -0.3 is 0 Å². The molecule has 104 valence electrons. The van der Waals surface area contributed by atoms with E-state index in [1.165, 1.54) is 4.70 Å². The lowest BCUT2D eigenvalue weighted by Crippen LogP contribution is -1.71. The number of hydrogen-bond donors (Lipinski definition) is 0. The first-order valence-corrected chi connectivity index (χ1v) is 7.85. The lowest BCUT2D eigenvalue weighted by molar-refractivity contribution is 1.42. The van der Waals surface area contributed by atoms with Gasteiger partial charge in [-0.2, -0.15) is 0 Å². The number of thiophene rings is 1. The van der Waals surface area contributed by atoms with Gasteiger partial charge in [0.2, 0.25) is 0 Å². The summed E-state index contributed by atoms with van der Waals surface area (Å²) in [7, 11) is 0. The van der Waals surface area contributed by atoms with E-state index in [0.717, 1.165) is 15.7 Å². The Hall–Kier alpha value is -1.48. The first kappa shape index (κ1) is 17.5. The molecule has 3 heteroatoms. The zero-order valence-electron chi connectivity index (χ0n) is 12.8. The van der Waals surface area contributed by atoms with Gasteiger partial charge in [0, 0.05) is 17.8 Å². The van der Waals surface area contributed by atoms with Crippen molar-refractivity contribution in [1.29, 1.82) is 0 Å². The highest BCUT2D eigenvalue weighted by Gasteiger charge is 2.04. The highest BCUT2D eigenvalue weighted by molar-refractivity contribution is 7.25. The van der Waals surface area contributed by atoms with Crippen molar-refractivity contribution in [3.8, 4) is 0 Å². The summed E-state index contributed by atoms with van der Waals surface area (Å²) in [4.78, 5) is 9.70. The first-order chi connectivity index (χ1) is 9.45. The van der Waals surface area contributed by atoms with Crippen molar-refractivity contribution in [2.45, 2.75) is 41.5 Å². The van der Waals surface area contributed by atoms with E-state index in [1.54, 1.807) is 11.3 Å². The third-order valence-corrected chi connectivity index (χ3v) is 3.07. The molecule has 0 aliphatic heterocycles. The van der Waals surface area contributed by atoms with E-state index in [4.69, 9.17) is 0 Å². The lowest BCUT2D eigenvalue weighted by Gasteiger charge is -1.86. The number of pyridine rings is 2. The summed E-state index contributed by atoms with van der Waals surface area (Å²) >= 11 is 1.69. The minimum absolute atomic E-state index is 1.07. The van der Waals surface area contributed by atoms with E-state index in [0.29, 0.717) is 0 Å². The van der Waals surface area contributed by atoms with Crippen LogP contribution in [0.2, 0.25) is 0 Å². The van der Waals surface area contributed by atoms with Gasteiger partial charge in [-0.05, 0) is 24.3 Å². The van der Waals surface area contributed by atoms with Crippen LogP contribution in [-0.2, 0) is 0 Å². The zero-order valence-corrected chi connectivity index (χ0v) is 13.6. The van der Waals surface area contributed by atoms with Crippen molar-refractivity contribution >= 4 is 31.8 Å². The second-order valence-corrected chi connectivity index (χ2v) is 3.84. The van der Waals surface area contributed by atoms with E-state index in [2.05, 4.69) is 22.1 Å². The van der Waals surface area contributed by atoms with Gasteiger partial charge in [-0.15, -0.1) is 11.3 Å². The zero-order chi connectivity index (χ0) is 14.7. The molecule has 0 aliphatic carbocycles. The fraction of sp³-hybridized carbons (Fsp3) is 0.375. The van der Waals surface area contributed by atoms with Crippen LogP contribution in [-0.4, -0.2) is 9.97 Å². The number of aromatic nitrogens is 2. The Balaban J connectivity index is 0.000000482. The van der Waals surface area contributed by atoms with Crippen LogP contribution in [0.4, 0.5) is 0 Å². The van der Waals surface area contributed by atoms with Crippen molar-refractivity contribution < 1.29 is 0 Å². The summed E-state index contributed by atoms with van der Waals surface area (Å²) in [5.41, 5.74) is 1.07. The average Bonchev–Trinajstić information content (AvgIpc) is 2.92. The summed E-state index contributed by atoms with van der Waals surface area (Å²) in [5, 5.41) is 1.16. The predicted molar refractivity (Wildman–Crippen MR) is 89.0 cm³/mol. The van der Waals surface area contributed by atoms with Gasteiger partial charge in [0.25, 0.3) is 0 Å². The summed E-state index contributed by atoms with van der Waals surface area (Å²) in [6, 6.07) is 8.05. The van der Waals surface area contributed by atoms with E-state index in [9.17, 15) is 0 Å². The Morgan fingerprint density at radius 3 is 2.05 bits per heavy atom. The van der Waals surface area contributed by atoms with Gasteiger partial charge in [0.05, 0.1) is 10.2 Å². The number of nitrogens with zero attached hydrogens (tertiary/aromatic N) is 2. The van der Waals surface area contributed by atoms with Crippen LogP contribution in [0.25, 0.3) is 20.4 Å². The van der Waals surface area contributed by atoms with Crippen LogP contribution in [0.15, 0.2) is 36.7 Å². The molecule has 0 atom stereocenters. The van der Waals surface area contributed by atoms with Gasteiger partial charge in [-0.3, -0.25) is 4.98 Å². The molecule has 0 fully saturated rings. The minimum atomic E-state index is 1.07. The molecule has 0 saturated carbocycles. The van der Waals surface area contributed by atoms with E-state index in [1.807, 2.05) is 66.1 Å². The SMILES string of the molecule is CC.CC.CC.c1cnc2c(c1)sc1ncccc12. The van der Waals surface area contributed by atoms with Crippen molar-refractivity contribution in [1.82, 2.24) is 9.97 Å². The van der Waals surface area contributed by atoms with Crippen molar-refractivity contribution in [2.75, 3.05) is 0 Å². The largest absolute Gasteiger partial charge is 0.255 e. The molecule has 0 radical (unpaired) electrons. The quantitative estimate of drug-likeness (QED) is 0.509. The highest BCUT2D eigenvalue weighted by atomic mass is 32.1. The molecule has 3 aromatic rings. The Bertz CT molecular complexity index is 523. The number of hydrogen-bond acceptors (Lipinski definition) is 3. The van der Waals surface area contributed by atoms with Crippen molar-refractivity contribution in [3.05, 3.63) is 36.7 Å². The standard InChI is InChI=1S/C10H6N2S.3C2H6/c1-3-7-9-8(4-2-5-11-9)13-10(7)12-6-1;3*1-2/h1-6H;3*1-2H3. The lowest BCUT2D eigenvalue weighted by atomic mass is 10.3. The molecule has 19 heavy (non-hydrogen) atoms. The Morgan fingerprint density at radius 2 is 1.37 bits per heavy atom. The average molecular weight is 276 g/mol. The van der Waals surface area contributed by atoms with Gasteiger partial charge in [-0.1, -0.05) is 41.5 Å². The number of rotatable bonds is 0. The van der Waals surface area contributed by atoms with Crippen LogP contribution in [0.1, 0.15) is 41.5 Å². The summed E-state index contributed by atoms with van der Waals surface area (Å²) < 4.78 is 1.20. The fourth-order valence-electron chi connectivity index (χ4n) is 1.43. The first-order valence-electron chi connectivity index (χ1n) is 7.03. The molecule has 2 nitrogen and oxygen atoms in total. The summed E-state index contributed by atoms with van der Waals surface area (Å²) in [5.74, 6) is 0. The smallest absolute Gasteiger partial charge is 0.126 e. The second-order valence-electron chi connectivity index (χ2n) is 2.81. The molecule has 0 saturated heterocycles. The molecule has 0 N–H and O–H groups in total. The third kappa shape index (κ3) is 4.28. The van der Waals surface area contributed by atoms with Crippen LogP contribution in [0.5, 0.6) is 0 Å². The molecule has 0 amide bonds. The Labute approximate surface area is 120 Å². The molecular formula is C16H24N2S. The maximum absolute atomic E-state index is 4.34. The second kappa shape index (κ2) is 10.4. The van der Waals surface area contributed by atoms with Gasteiger partial charge in [0.1, 0.15) is 4.83 Å². The summed E-state index contributed by atoms with van der Waals surface area (Å²) in [6.07, 6.45) is 3.64. The highest BCUT2D eigenvalue weighted by Crippen LogP contribution is 2.29. The number of fused-ring (bicyclic) bond motifs is 3. The van der Waals surface area contributed by atoms with Crippen LogP contribution in [0.3, 0.4) is 0 Å². The van der Waals surface area contributed by atoms with Crippen molar-refractivity contribution in [3.63, 3.8) is 0 Å². The maximum Gasteiger partial charge on any atom is 0.126 e. The predicted octanol–water partition coefficient (Wildman–Crippen LogP) is 5.92. The third-order valence-electron chi connectivity index (χ3n) is 2.00. The van der Waals surface area contributed by atoms with E-state index < -0.39 is 0 Å². The van der Waals surface area contributed by atoms with E-state index in [-0.39, 0.29) is 0 Å². The monoisotopic (exact) mass is 276 g/mol. The molecule has 3 heterocycles. The van der Waals surface area contributed by atoms with Crippen LogP contribution < -0.4 is 0 Å². The molecule has 3 rings (SSSR count). The molecule has 3 aromatic heterocycles. The van der Waals surface area contributed by atoms with Crippen molar-refractivity contribution in [2.24, 2.45) is 0 Å². The van der Waals surface area contributed by atoms with E-state index >= 15 is 0 Å². The molecular weight excluding hydrogens is 252 g/mol. The Kier molecular flexibility index (Phi) is 9.63. The molecule has 0 unspecified atom stereocenters. The normalized spacial score (nSPS) is 8.53. The molecule has 0 aromatic carbocycles. The molecule has 0 spiro atoms. The fourth-order valence-corrected chi connectivity index (χ4v) is 2.43.